The van der Waals surface area contributed by atoms with Crippen molar-refractivity contribution in [2.24, 2.45) is 0 Å². The van der Waals surface area contributed by atoms with E-state index in [9.17, 15) is 13.9 Å². The second kappa shape index (κ2) is 4.87. The number of hydrogen-bond donors (Lipinski definition) is 1. The number of fused-ring (bicyclic) bond motifs is 1. The summed E-state index contributed by atoms with van der Waals surface area (Å²) in [6.45, 7) is 1.69. The van der Waals surface area contributed by atoms with Crippen molar-refractivity contribution in [3.63, 3.8) is 0 Å². The predicted molar refractivity (Wildman–Crippen MR) is 70.5 cm³/mol. The molecule has 2 nitrogen and oxygen atoms in total. The van der Waals surface area contributed by atoms with E-state index in [0.717, 1.165) is 0 Å². The highest BCUT2D eigenvalue weighted by Crippen LogP contribution is 2.41. The standard InChI is InChI=1S/C16H14F2O2/c1-9-2-3-10(6-13(9)18)16-8-14(19)12-7-11(17)4-5-15(12)20-16/h2-7,14,16,19H,8H2,1H3/t14-,16?/m1/s1. The zero-order valence-corrected chi connectivity index (χ0v) is 10.9. The molecule has 1 aliphatic heterocycles. The van der Waals surface area contributed by atoms with Gasteiger partial charge in [-0.2, -0.15) is 0 Å². The molecule has 0 bridgehead atoms. The Balaban J connectivity index is 1.94. The lowest BCUT2D eigenvalue weighted by molar-refractivity contribution is 0.0652. The van der Waals surface area contributed by atoms with Gasteiger partial charge in [-0.15, -0.1) is 0 Å². The van der Waals surface area contributed by atoms with Crippen molar-refractivity contribution in [2.45, 2.75) is 25.6 Å². The van der Waals surface area contributed by atoms with Gasteiger partial charge in [0.2, 0.25) is 0 Å². The van der Waals surface area contributed by atoms with E-state index < -0.39 is 18.0 Å². The Hall–Kier alpha value is -1.94. The van der Waals surface area contributed by atoms with Gasteiger partial charge in [0.1, 0.15) is 23.5 Å². The van der Waals surface area contributed by atoms with Crippen LogP contribution in [0.3, 0.4) is 0 Å². The number of ether oxygens (including phenoxy) is 1. The van der Waals surface area contributed by atoms with Crippen LogP contribution in [-0.4, -0.2) is 5.11 Å². The fraction of sp³-hybridized carbons (Fsp3) is 0.250. The van der Waals surface area contributed by atoms with Crippen molar-refractivity contribution >= 4 is 0 Å². The van der Waals surface area contributed by atoms with Gasteiger partial charge in [0.05, 0.1) is 6.10 Å². The molecule has 0 radical (unpaired) electrons. The Morgan fingerprint density at radius 1 is 1.15 bits per heavy atom. The van der Waals surface area contributed by atoms with Gasteiger partial charge >= 0.3 is 0 Å². The van der Waals surface area contributed by atoms with Crippen LogP contribution in [0.25, 0.3) is 0 Å². The van der Waals surface area contributed by atoms with Gasteiger partial charge in [-0.25, -0.2) is 8.78 Å². The number of aryl methyl sites for hydroxylation is 1. The van der Waals surface area contributed by atoms with Crippen molar-refractivity contribution in [1.82, 2.24) is 0 Å². The van der Waals surface area contributed by atoms with Gasteiger partial charge in [-0.1, -0.05) is 12.1 Å². The highest BCUT2D eigenvalue weighted by Gasteiger charge is 2.28. The van der Waals surface area contributed by atoms with Crippen molar-refractivity contribution in [2.75, 3.05) is 0 Å². The quantitative estimate of drug-likeness (QED) is 0.857. The molecule has 0 aromatic heterocycles. The summed E-state index contributed by atoms with van der Waals surface area (Å²) in [6, 6.07) is 8.92. The van der Waals surface area contributed by atoms with E-state index in [0.29, 0.717) is 22.4 Å². The molecule has 0 aliphatic carbocycles. The monoisotopic (exact) mass is 276 g/mol. The van der Waals surface area contributed by atoms with E-state index >= 15 is 0 Å². The average Bonchev–Trinajstić information content (AvgIpc) is 2.42. The van der Waals surface area contributed by atoms with Crippen molar-refractivity contribution in [3.05, 3.63) is 64.7 Å². The predicted octanol–water partition coefficient (Wildman–Crippen LogP) is 3.83. The normalized spacial score (nSPS) is 21.2. The summed E-state index contributed by atoms with van der Waals surface area (Å²) < 4.78 is 32.5. The maximum atomic E-state index is 13.6. The maximum absolute atomic E-state index is 13.6. The van der Waals surface area contributed by atoms with E-state index in [1.54, 1.807) is 19.1 Å². The first kappa shape index (κ1) is 13.1. The first-order chi connectivity index (χ1) is 9.54. The van der Waals surface area contributed by atoms with Crippen LogP contribution in [0.1, 0.15) is 35.3 Å². The number of rotatable bonds is 1. The lowest BCUT2D eigenvalue weighted by atomic mass is 9.94. The number of hydrogen-bond acceptors (Lipinski definition) is 2. The molecule has 0 saturated carbocycles. The highest BCUT2D eigenvalue weighted by molar-refractivity contribution is 5.39. The smallest absolute Gasteiger partial charge is 0.127 e. The second-order valence-corrected chi connectivity index (χ2v) is 5.05. The summed E-state index contributed by atoms with van der Waals surface area (Å²) in [4.78, 5) is 0. The van der Waals surface area contributed by atoms with Crippen LogP contribution in [0.4, 0.5) is 8.78 Å². The van der Waals surface area contributed by atoms with Gasteiger partial charge in [-0.3, -0.25) is 0 Å². The summed E-state index contributed by atoms with van der Waals surface area (Å²) in [6.07, 6.45) is -0.972. The fourth-order valence-electron chi connectivity index (χ4n) is 2.43. The Bertz CT molecular complexity index is 655. The molecule has 104 valence electrons. The minimum Gasteiger partial charge on any atom is -0.485 e. The minimum absolute atomic E-state index is 0.277. The molecule has 1 aliphatic rings. The van der Waals surface area contributed by atoms with Gasteiger partial charge in [0.15, 0.2) is 0 Å². The first-order valence-corrected chi connectivity index (χ1v) is 6.45. The van der Waals surface area contributed by atoms with Crippen LogP contribution in [0.5, 0.6) is 5.75 Å². The van der Waals surface area contributed by atoms with Crippen molar-refractivity contribution in [1.29, 1.82) is 0 Å². The third-order valence-corrected chi connectivity index (χ3v) is 3.61. The molecular formula is C16H14F2O2. The molecule has 3 rings (SSSR count). The molecule has 0 fully saturated rings. The Labute approximate surface area is 115 Å². The first-order valence-electron chi connectivity index (χ1n) is 6.45. The summed E-state index contributed by atoms with van der Waals surface area (Å²) in [5.41, 5.74) is 1.67. The van der Waals surface area contributed by atoms with Crippen molar-refractivity contribution in [3.8, 4) is 5.75 Å². The SMILES string of the molecule is Cc1ccc(C2C[C@@H](O)c3cc(F)ccc3O2)cc1F. The number of aliphatic hydroxyl groups is 1. The third kappa shape index (κ3) is 2.27. The summed E-state index contributed by atoms with van der Waals surface area (Å²) >= 11 is 0. The Kier molecular flexibility index (Phi) is 3.18. The second-order valence-electron chi connectivity index (χ2n) is 5.05. The molecule has 1 unspecified atom stereocenters. The van der Waals surface area contributed by atoms with E-state index in [1.165, 1.54) is 24.3 Å². The van der Waals surface area contributed by atoms with Crippen LogP contribution in [0.2, 0.25) is 0 Å². The Morgan fingerprint density at radius 3 is 2.70 bits per heavy atom. The van der Waals surface area contributed by atoms with E-state index in [4.69, 9.17) is 4.74 Å². The van der Waals surface area contributed by atoms with Gasteiger partial charge < -0.3 is 9.84 Å². The minimum atomic E-state index is -0.816. The molecule has 20 heavy (non-hydrogen) atoms. The molecule has 2 aromatic rings. The molecule has 1 heterocycles. The van der Waals surface area contributed by atoms with Gasteiger partial charge in [0.25, 0.3) is 0 Å². The van der Waals surface area contributed by atoms with Crippen LogP contribution < -0.4 is 4.74 Å². The average molecular weight is 276 g/mol. The van der Waals surface area contributed by atoms with Crippen LogP contribution in [0, 0.1) is 18.6 Å². The molecule has 0 saturated heterocycles. The van der Waals surface area contributed by atoms with Crippen LogP contribution >= 0.6 is 0 Å². The fourth-order valence-corrected chi connectivity index (χ4v) is 2.43. The van der Waals surface area contributed by atoms with Crippen molar-refractivity contribution < 1.29 is 18.6 Å². The maximum Gasteiger partial charge on any atom is 0.127 e. The Morgan fingerprint density at radius 2 is 1.95 bits per heavy atom. The van der Waals surface area contributed by atoms with Crippen LogP contribution in [0.15, 0.2) is 36.4 Å². The summed E-state index contributed by atoms with van der Waals surface area (Å²) in [5, 5.41) is 10.1. The lowest BCUT2D eigenvalue weighted by Crippen LogP contribution is -2.19. The molecule has 4 heteroatoms. The highest BCUT2D eigenvalue weighted by atomic mass is 19.1. The zero-order valence-electron chi connectivity index (χ0n) is 10.9. The molecule has 2 atom stereocenters. The topological polar surface area (TPSA) is 29.5 Å². The third-order valence-electron chi connectivity index (χ3n) is 3.61. The molecule has 2 aromatic carbocycles. The largest absolute Gasteiger partial charge is 0.485 e. The molecule has 0 spiro atoms. The van der Waals surface area contributed by atoms with Gasteiger partial charge in [0, 0.05) is 12.0 Å². The molecular weight excluding hydrogens is 262 g/mol. The molecule has 0 amide bonds. The van der Waals surface area contributed by atoms with E-state index in [2.05, 4.69) is 0 Å². The zero-order chi connectivity index (χ0) is 14.3. The van der Waals surface area contributed by atoms with E-state index in [-0.39, 0.29) is 12.2 Å². The summed E-state index contributed by atoms with van der Waals surface area (Å²) in [7, 11) is 0. The summed E-state index contributed by atoms with van der Waals surface area (Å²) in [5.74, 6) is -0.271. The number of halogens is 2. The van der Waals surface area contributed by atoms with Gasteiger partial charge in [-0.05, 0) is 42.3 Å². The molecule has 1 N–H and O–H groups in total. The lowest BCUT2D eigenvalue weighted by Gasteiger charge is -2.30. The number of aliphatic hydroxyl groups excluding tert-OH is 1. The van der Waals surface area contributed by atoms with Crippen LogP contribution in [-0.2, 0) is 0 Å². The van der Waals surface area contributed by atoms with E-state index in [1.807, 2.05) is 0 Å². The number of benzene rings is 2.